The van der Waals surface area contributed by atoms with E-state index in [0.717, 1.165) is 5.56 Å². The molecule has 0 unspecified atom stereocenters. The van der Waals surface area contributed by atoms with E-state index in [1.165, 1.54) is 0 Å². The van der Waals surface area contributed by atoms with Crippen LogP contribution in [0.4, 0.5) is 5.69 Å². The highest BCUT2D eigenvalue weighted by Gasteiger charge is 2.06. The zero-order valence-electron chi connectivity index (χ0n) is 11.3. The first-order valence-corrected chi connectivity index (χ1v) is 6.47. The molecule has 0 spiro atoms. The van der Waals surface area contributed by atoms with Crippen molar-refractivity contribution in [2.24, 2.45) is 0 Å². The van der Waals surface area contributed by atoms with Gasteiger partial charge >= 0.3 is 0 Å². The molecule has 1 aromatic heterocycles. The minimum Gasteiger partial charge on any atom is -0.325 e. The van der Waals surface area contributed by atoms with Gasteiger partial charge in [-0.25, -0.2) is 0 Å². The minimum absolute atomic E-state index is 0.0865. The molecule has 2 aromatic rings. The number of hydrogen-bond donors (Lipinski definition) is 1. The highest BCUT2D eigenvalue weighted by Crippen LogP contribution is 2.14. The second kappa shape index (κ2) is 6.53. The molecule has 0 bridgehead atoms. The van der Waals surface area contributed by atoms with E-state index in [9.17, 15) is 4.79 Å². The van der Waals surface area contributed by atoms with E-state index in [0.29, 0.717) is 30.6 Å². The van der Waals surface area contributed by atoms with Gasteiger partial charge in [0.2, 0.25) is 5.91 Å². The van der Waals surface area contributed by atoms with Crippen molar-refractivity contribution in [1.82, 2.24) is 9.78 Å². The number of nitrogens with one attached hydrogen (secondary N) is 1. The maximum Gasteiger partial charge on any atom is 0.224 e. The molecule has 2 rings (SSSR count). The van der Waals surface area contributed by atoms with E-state index in [1.807, 2.05) is 17.8 Å². The van der Waals surface area contributed by atoms with Crippen molar-refractivity contribution < 1.29 is 4.79 Å². The van der Waals surface area contributed by atoms with Crippen molar-refractivity contribution in [3.63, 3.8) is 0 Å². The Morgan fingerprint density at radius 2 is 2.25 bits per heavy atom. The molecule has 20 heavy (non-hydrogen) atoms. The molecule has 0 saturated heterocycles. The van der Waals surface area contributed by atoms with E-state index < -0.39 is 0 Å². The van der Waals surface area contributed by atoms with Gasteiger partial charge in [0.1, 0.15) is 6.07 Å². The molecule has 5 heteroatoms. The fraction of sp³-hybridized carbons (Fsp3) is 0.267. The highest BCUT2D eigenvalue weighted by molar-refractivity contribution is 5.92. The molecule has 1 amide bonds. The number of aryl methyl sites for hydroxylation is 2. The second-order valence-corrected chi connectivity index (χ2v) is 4.59. The number of nitriles is 1. The Morgan fingerprint density at radius 3 is 2.95 bits per heavy atom. The zero-order chi connectivity index (χ0) is 14.4. The van der Waals surface area contributed by atoms with Gasteiger partial charge in [-0.05, 0) is 31.0 Å². The third-order valence-electron chi connectivity index (χ3n) is 2.88. The van der Waals surface area contributed by atoms with Gasteiger partial charge in [0.05, 0.1) is 17.4 Å². The predicted molar refractivity (Wildman–Crippen MR) is 76.0 cm³/mol. The van der Waals surface area contributed by atoms with Crippen LogP contribution in [-0.2, 0) is 11.3 Å². The topological polar surface area (TPSA) is 70.7 Å². The van der Waals surface area contributed by atoms with Crippen LogP contribution < -0.4 is 5.32 Å². The number of benzene rings is 1. The number of aromatic nitrogens is 2. The standard InChI is InChI=1S/C15H16N4O/c1-12-10-17-19(11-12)8-4-7-15(20)18-14-6-3-2-5-13(14)9-16/h2-3,5-6,10-11H,4,7-8H2,1H3,(H,18,20). The molecule has 1 aromatic carbocycles. The average Bonchev–Trinajstić information content (AvgIpc) is 2.85. The fourth-order valence-electron chi connectivity index (χ4n) is 1.89. The first kappa shape index (κ1) is 13.8. The molecule has 0 aliphatic carbocycles. The summed E-state index contributed by atoms with van der Waals surface area (Å²) in [6, 6.07) is 9.04. The van der Waals surface area contributed by atoms with E-state index >= 15 is 0 Å². The molecular formula is C15H16N4O. The van der Waals surface area contributed by atoms with Crippen LogP contribution in [-0.4, -0.2) is 15.7 Å². The molecule has 0 fully saturated rings. The van der Waals surface area contributed by atoms with Crippen molar-refractivity contribution in [1.29, 1.82) is 5.26 Å². The summed E-state index contributed by atoms with van der Waals surface area (Å²) in [4.78, 5) is 11.8. The van der Waals surface area contributed by atoms with Crippen LogP contribution >= 0.6 is 0 Å². The number of hydrogen-bond acceptors (Lipinski definition) is 3. The van der Waals surface area contributed by atoms with Crippen LogP contribution in [0.15, 0.2) is 36.7 Å². The summed E-state index contributed by atoms with van der Waals surface area (Å²) >= 11 is 0. The monoisotopic (exact) mass is 268 g/mol. The number of rotatable bonds is 5. The smallest absolute Gasteiger partial charge is 0.224 e. The first-order valence-electron chi connectivity index (χ1n) is 6.47. The van der Waals surface area contributed by atoms with Gasteiger partial charge in [-0.1, -0.05) is 12.1 Å². The summed E-state index contributed by atoms with van der Waals surface area (Å²) in [5.74, 6) is -0.0865. The number of carbonyl (C=O) groups is 1. The zero-order valence-corrected chi connectivity index (χ0v) is 11.3. The van der Waals surface area contributed by atoms with Crippen LogP contribution in [0.25, 0.3) is 0 Å². The van der Waals surface area contributed by atoms with Crippen molar-refractivity contribution in [2.45, 2.75) is 26.3 Å². The normalized spacial score (nSPS) is 10.0. The number of amides is 1. The summed E-state index contributed by atoms with van der Waals surface area (Å²) in [5.41, 5.74) is 2.15. The number of anilines is 1. The van der Waals surface area contributed by atoms with Crippen molar-refractivity contribution >= 4 is 11.6 Å². The molecule has 0 aliphatic heterocycles. The third-order valence-corrected chi connectivity index (χ3v) is 2.88. The van der Waals surface area contributed by atoms with Gasteiger partial charge in [0.25, 0.3) is 0 Å². The summed E-state index contributed by atoms with van der Waals surface area (Å²) in [7, 11) is 0. The van der Waals surface area contributed by atoms with Crippen LogP contribution in [0.5, 0.6) is 0 Å². The van der Waals surface area contributed by atoms with E-state index in [2.05, 4.69) is 16.5 Å². The lowest BCUT2D eigenvalue weighted by molar-refractivity contribution is -0.116. The molecule has 0 radical (unpaired) electrons. The SMILES string of the molecule is Cc1cnn(CCCC(=O)Nc2ccccc2C#N)c1. The van der Waals surface area contributed by atoms with Crippen molar-refractivity contribution in [3.8, 4) is 6.07 Å². The van der Waals surface area contributed by atoms with Crippen LogP contribution in [0.1, 0.15) is 24.0 Å². The van der Waals surface area contributed by atoms with Crippen molar-refractivity contribution in [3.05, 3.63) is 47.8 Å². The largest absolute Gasteiger partial charge is 0.325 e. The Balaban J connectivity index is 1.82. The summed E-state index contributed by atoms with van der Waals surface area (Å²) in [6.45, 7) is 2.69. The fourth-order valence-corrected chi connectivity index (χ4v) is 1.89. The Hall–Kier alpha value is -2.61. The van der Waals surface area contributed by atoms with Gasteiger partial charge in [-0.3, -0.25) is 9.48 Å². The maximum absolute atomic E-state index is 11.8. The number of para-hydroxylation sites is 1. The molecule has 5 nitrogen and oxygen atoms in total. The Labute approximate surface area is 117 Å². The highest BCUT2D eigenvalue weighted by atomic mass is 16.1. The average molecular weight is 268 g/mol. The van der Waals surface area contributed by atoms with E-state index in [-0.39, 0.29) is 5.91 Å². The molecule has 1 heterocycles. The maximum atomic E-state index is 11.8. The molecule has 0 aliphatic rings. The van der Waals surface area contributed by atoms with E-state index in [4.69, 9.17) is 5.26 Å². The second-order valence-electron chi connectivity index (χ2n) is 4.59. The Kier molecular flexibility index (Phi) is 4.51. The van der Waals surface area contributed by atoms with Crippen LogP contribution in [0, 0.1) is 18.3 Å². The lowest BCUT2D eigenvalue weighted by Gasteiger charge is -2.06. The van der Waals surface area contributed by atoms with Gasteiger partial charge in [0, 0.05) is 19.2 Å². The molecular weight excluding hydrogens is 252 g/mol. The molecule has 102 valence electrons. The number of nitrogens with zero attached hydrogens (tertiary/aromatic N) is 3. The van der Waals surface area contributed by atoms with Gasteiger partial charge in [0.15, 0.2) is 0 Å². The molecule has 0 saturated carbocycles. The predicted octanol–water partition coefficient (Wildman–Crippen LogP) is 2.48. The third kappa shape index (κ3) is 3.69. The minimum atomic E-state index is -0.0865. The first-order chi connectivity index (χ1) is 9.69. The van der Waals surface area contributed by atoms with Crippen LogP contribution in [0.2, 0.25) is 0 Å². The summed E-state index contributed by atoms with van der Waals surface area (Å²) < 4.78 is 1.83. The quantitative estimate of drug-likeness (QED) is 0.905. The van der Waals surface area contributed by atoms with Gasteiger partial charge < -0.3 is 5.32 Å². The van der Waals surface area contributed by atoms with Gasteiger partial charge in [-0.15, -0.1) is 0 Å². The van der Waals surface area contributed by atoms with Crippen LogP contribution in [0.3, 0.4) is 0 Å². The number of carbonyl (C=O) groups excluding carboxylic acids is 1. The summed E-state index contributed by atoms with van der Waals surface area (Å²) in [5, 5.41) is 15.9. The van der Waals surface area contributed by atoms with Gasteiger partial charge in [-0.2, -0.15) is 10.4 Å². The molecule has 0 atom stereocenters. The Morgan fingerprint density at radius 1 is 1.45 bits per heavy atom. The summed E-state index contributed by atoms with van der Waals surface area (Å²) in [6.07, 6.45) is 4.85. The lowest BCUT2D eigenvalue weighted by Crippen LogP contribution is -2.13. The van der Waals surface area contributed by atoms with E-state index in [1.54, 1.807) is 30.5 Å². The molecule has 1 N–H and O–H groups in total. The van der Waals surface area contributed by atoms with Crippen molar-refractivity contribution in [2.75, 3.05) is 5.32 Å². The lowest BCUT2D eigenvalue weighted by atomic mass is 10.2. The Bertz CT molecular complexity index is 639.